The second-order valence-electron chi connectivity index (χ2n) is 4.90. The first kappa shape index (κ1) is 17.1. The number of carbonyl (C=O) groups is 1. The molecule has 0 saturated heterocycles. The minimum absolute atomic E-state index is 0. The van der Waals surface area contributed by atoms with Crippen LogP contribution in [0.15, 0.2) is 18.2 Å². The summed E-state index contributed by atoms with van der Waals surface area (Å²) in [5.41, 5.74) is 1.00. The maximum absolute atomic E-state index is 12.1. The van der Waals surface area contributed by atoms with Gasteiger partial charge in [-0.25, -0.2) is 0 Å². The zero-order chi connectivity index (χ0) is 13.8. The summed E-state index contributed by atoms with van der Waals surface area (Å²) >= 11 is 5.96. The Hall–Kier alpha value is -0.970. The Morgan fingerprint density at radius 1 is 1.55 bits per heavy atom. The molecule has 0 aliphatic carbocycles. The minimum Gasteiger partial charge on any atom is -0.492 e. The van der Waals surface area contributed by atoms with E-state index in [2.05, 4.69) is 10.6 Å². The van der Waals surface area contributed by atoms with E-state index < -0.39 is 0 Å². The van der Waals surface area contributed by atoms with E-state index in [0.717, 1.165) is 11.3 Å². The summed E-state index contributed by atoms with van der Waals surface area (Å²) in [4.78, 5) is 12.1. The molecule has 1 aliphatic rings. The van der Waals surface area contributed by atoms with Crippen LogP contribution in [0.25, 0.3) is 0 Å². The van der Waals surface area contributed by atoms with Gasteiger partial charge in [0.25, 0.3) is 0 Å². The number of likely N-dealkylation sites (N-methyl/N-ethyl adjacent to an activating group) is 1. The molecule has 0 radical (unpaired) electrons. The zero-order valence-corrected chi connectivity index (χ0v) is 13.2. The lowest BCUT2D eigenvalue weighted by Gasteiger charge is -2.25. The summed E-state index contributed by atoms with van der Waals surface area (Å²) in [6.07, 6.45) is 0.676. The molecule has 20 heavy (non-hydrogen) atoms. The van der Waals surface area contributed by atoms with E-state index in [1.54, 1.807) is 6.07 Å². The Morgan fingerprint density at radius 2 is 2.30 bits per heavy atom. The lowest BCUT2D eigenvalue weighted by molar-refractivity contribution is -0.126. The zero-order valence-electron chi connectivity index (χ0n) is 11.6. The first-order chi connectivity index (χ1) is 9.10. The van der Waals surface area contributed by atoms with Crippen molar-refractivity contribution in [1.82, 2.24) is 10.6 Å². The molecule has 0 spiro atoms. The van der Waals surface area contributed by atoms with Gasteiger partial charge in [0.2, 0.25) is 5.91 Å². The van der Waals surface area contributed by atoms with Crippen LogP contribution in [0, 0.1) is 5.92 Å². The summed E-state index contributed by atoms with van der Waals surface area (Å²) in [5, 5.41) is 6.69. The normalized spacial score (nSPS) is 18.2. The number of nitrogens with one attached hydrogen (secondary N) is 2. The number of hydrogen-bond acceptors (Lipinski definition) is 3. The van der Waals surface area contributed by atoms with Crippen molar-refractivity contribution in [3.63, 3.8) is 0 Å². The lowest BCUT2D eigenvalue weighted by Crippen LogP contribution is -2.42. The maximum atomic E-state index is 12.1. The molecule has 4 nitrogen and oxygen atoms in total. The average molecular weight is 319 g/mol. The van der Waals surface area contributed by atoms with Crippen molar-refractivity contribution in [3.05, 3.63) is 28.8 Å². The smallest absolute Gasteiger partial charge is 0.226 e. The molecule has 0 aromatic heterocycles. The molecular weight excluding hydrogens is 299 g/mol. The van der Waals surface area contributed by atoms with Crippen molar-refractivity contribution in [2.75, 3.05) is 20.2 Å². The molecule has 2 atom stereocenters. The van der Waals surface area contributed by atoms with Gasteiger partial charge in [-0.1, -0.05) is 11.6 Å². The molecule has 2 N–H and O–H groups in total. The van der Waals surface area contributed by atoms with Gasteiger partial charge in [-0.3, -0.25) is 4.79 Å². The van der Waals surface area contributed by atoms with E-state index in [1.807, 2.05) is 26.1 Å². The quantitative estimate of drug-likeness (QED) is 0.893. The number of amides is 1. The standard InChI is InChI=1S/C14H19ClN2O2.ClH/c1-9(16-2)7-17-14(18)11-5-10-6-12(15)3-4-13(10)19-8-11;/h3-4,6,9,11,16H,5,7-8H2,1-2H3,(H,17,18);1H. The van der Waals surface area contributed by atoms with Crippen LogP contribution in [-0.4, -0.2) is 32.1 Å². The van der Waals surface area contributed by atoms with E-state index in [-0.39, 0.29) is 30.3 Å². The number of hydrogen-bond donors (Lipinski definition) is 2. The monoisotopic (exact) mass is 318 g/mol. The van der Waals surface area contributed by atoms with Gasteiger partial charge >= 0.3 is 0 Å². The van der Waals surface area contributed by atoms with E-state index >= 15 is 0 Å². The number of fused-ring (bicyclic) bond motifs is 1. The van der Waals surface area contributed by atoms with Crippen LogP contribution >= 0.6 is 24.0 Å². The summed E-state index contributed by atoms with van der Waals surface area (Å²) in [5.74, 6) is 0.722. The second-order valence-corrected chi connectivity index (χ2v) is 5.34. The number of ether oxygens (including phenoxy) is 1. The minimum atomic E-state index is -0.143. The highest BCUT2D eigenvalue weighted by molar-refractivity contribution is 6.30. The van der Waals surface area contributed by atoms with Gasteiger partial charge in [-0.2, -0.15) is 0 Å². The maximum Gasteiger partial charge on any atom is 0.226 e. The van der Waals surface area contributed by atoms with Crippen LogP contribution in [0.2, 0.25) is 5.02 Å². The Bertz CT molecular complexity index is 468. The SMILES string of the molecule is CNC(C)CNC(=O)C1COc2ccc(Cl)cc2C1.Cl. The third kappa shape index (κ3) is 4.27. The average Bonchev–Trinajstić information content (AvgIpc) is 2.43. The third-order valence-corrected chi connectivity index (χ3v) is 3.61. The summed E-state index contributed by atoms with van der Waals surface area (Å²) in [6.45, 7) is 3.06. The van der Waals surface area contributed by atoms with Crippen molar-refractivity contribution >= 4 is 29.9 Å². The van der Waals surface area contributed by atoms with Crippen LogP contribution in [-0.2, 0) is 11.2 Å². The molecule has 1 aromatic carbocycles. The molecular formula is C14H20Cl2N2O2. The Labute approximate surface area is 130 Å². The van der Waals surface area contributed by atoms with Crippen molar-refractivity contribution in [2.45, 2.75) is 19.4 Å². The summed E-state index contributed by atoms with van der Waals surface area (Å²) < 4.78 is 5.61. The molecule has 1 heterocycles. The van der Waals surface area contributed by atoms with Crippen molar-refractivity contribution in [1.29, 1.82) is 0 Å². The molecule has 2 rings (SSSR count). The fraction of sp³-hybridized carbons (Fsp3) is 0.500. The van der Waals surface area contributed by atoms with Crippen LogP contribution in [0.4, 0.5) is 0 Å². The highest BCUT2D eigenvalue weighted by Gasteiger charge is 2.26. The molecule has 2 unspecified atom stereocenters. The fourth-order valence-electron chi connectivity index (χ4n) is 2.03. The number of benzene rings is 1. The van der Waals surface area contributed by atoms with Crippen LogP contribution < -0.4 is 15.4 Å². The first-order valence-corrected chi connectivity index (χ1v) is 6.84. The van der Waals surface area contributed by atoms with Gasteiger partial charge in [-0.15, -0.1) is 12.4 Å². The molecule has 1 amide bonds. The Balaban J connectivity index is 0.00000200. The Kier molecular flexibility index (Phi) is 6.59. The largest absolute Gasteiger partial charge is 0.492 e. The number of carbonyl (C=O) groups excluding carboxylic acids is 1. The molecule has 1 aliphatic heterocycles. The van der Waals surface area contributed by atoms with Gasteiger partial charge in [0.05, 0.1) is 5.92 Å². The van der Waals surface area contributed by atoms with Crippen LogP contribution in [0.5, 0.6) is 5.75 Å². The van der Waals surface area contributed by atoms with Gasteiger partial charge in [-0.05, 0) is 44.2 Å². The van der Waals surface area contributed by atoms with Gasteiger partial charge < -0.3 is 15.4 Å². The molecule has 0 bridgehead atoms. The van der Waals surface area contributed by atoms with Crippen molar-refractivity contribution < 1.29 is 9.53 Å². The topological polar surface area (TPSA) is 50.4 Å². The van der Waals surface area contributed by atoms with E-state index in [4.69, 9.17) is 16.3 Å². The van der Waals surface area contributed by atoms with Crippen LogP contribution in [0.1, 0.15) is 12.5 Å². The van der Waals surface area contributed by atoms with E-state index in [9.17, 15) is 4.79 Å². The van der Waals surface area contributed by atoms with Crippen molar-refractivity contribution in [2.24, 2.45) is 5.92 Å². The van der Waals surface area contributed by atoms with Crippen molar-refractivity contribution in [3.8, 4) is 5.75 Å². The summed E-state index contributed by atoms with van der Waals surface area (Å²) in [6, 6.07) is 5.78. The van der Waals surface area contributed by atoms with Gasteiger partial charge in [0.1, 0.15) is 12.4 Å². The second kappa shape index (κ2) is 7.72. The highest BCUT2D eigenvalue weighted by atomic mass is 35.5. The molecule has 0 fully saturated rings. The molecule has 112 valence electrons. The molecule has 0 saturated carbocycles. The molecule has 6 heteroatoms. The predicted octanol–water partition coefficient (Wildman–Crippen LogP) is 2.04. The van der Waals surface area contributed by atoms with Crippen LogP contribution in [0.3, 0.4) is 0 Å². The first-order valence-electron chi connectivity index (χ1n) is 6.46. The van der Waals surface area contributed by atoms with E-state index in [0.29, 0.717) is 24.6 Å². The lowest BCUT2D eigenvalue weighted by atomic mass is 9.96. The fourth-order valence-corrected chi connectivity index (χ4v) is 2.23. The third-order valence-electron chi connectivity index (χ3n) is 3.37. The Morgan fingerprint density at radius 3 is 3.00 bits per heavy atom. The number of halogens is 2. The van der Waals surface area contributed by atoms with E-state index in [1.165, 1.54) is 0 Å². The van der Waals surface area contributed by atoms with Gasteiger partial charge in [0, 0.05) is 17.6 Å². The predicted molar refractivity (Wildman–Crippen MR) is 82.9 cm³/mol. The number of rotatable bonds is 4. The molecule has 1 aromatic rings. The highest BCUT2D eigenvalue weighted by Crippen LogP contribution is 2.29. The van der Waals surface area contributed by atoms with Gasteiger partial charge in [0.15, 0.2) is 0 Å². The summed E-state index contributed by atoms with van der Waals surface area (Å²) in [7, 11) is 1.87.